The van der Waals surface area contributed by atoms with Gasteiger partial charge in [0.1, 0.15) is 11.5 Å². The average Bonchev–Trinajstić information content (AvgIpc) is 2.62. The van der Waals surface area contributed by atoms with Crippen molar-refractivity contribution in [2.24, 2.45) is 0 Å². The first-order valence-electron chi connectivity index (χ1n) is 8.46. The number of amides is 1. The summed E-state index contributed by atoms with van der Waals surface area (Å²) in [7, 11) is 3.20. The Morgan fingerprint density at radius 2 is 1.92 bits per heavy atom. The maximum Gasteiger partial charge on any atom is 0.227 e. The number of hydrogen-bond acceptors (Lipinski definition) is 5. The molecular formula is C18H28N2O4. The molecule has 0 spiro atoms. The van der Waals surface area contributed by atoms with Crippen molar-refractivity contribution in [3.63, 3.8) is 0 Å². The largest absolute Gasteiger partial charge is 0.497 e. The molecule has 0 aromatic heterocycles. The molecule has 1 aliphatic rings. The number of carbonyl (C=O) groups is 1. The Kier molecular flexibility index (Phi) is 6.87. The predicted octanol–water partition coefficient (Wildman–Crippen LogP) is 1.16. The van der Waals surface area contributed by atoms with E-state index in [2.05, 4.69) is 4.90 Å². The molecule has 1 amide bonds. The molecule has 134 valence electrons. The van der Waals surface area contributed by atoms with Gasteiger partial charge in [-0.3, -0.25) is 9.69 Å². The second kappa shape index (κ2) is 8.89. The lowest BCUT2D eigenvalue weighted by molar-refractivity contribution is -0.132. The summed E-state index contributed by atoms with van der Waals surface area (Å²) >= 11 is 0. The van der Waals surface area contributed by atoms with Crippen molar-refractivity contribution in [2.45, 2.75) is 25.9 Å². The van der Waals surface area contributed by atoms with Crippen LogP contribution in [-0.2, 0) is 11.2 Å². The minimum absolute atomic E-state index is 0.106. The average molecular weight is 336 g/mol. The van der Waals surface area contributed by atoms with Crippen molar-refractivity contribution in [3.05, 3.63) is 23.8 Å². The molecule has 1 saturated heterocycles. The van der Waals surface area contributed by atoms with E-state index in [1.807, 2.05) is 24.0 Å². The molecule has 1 aromatic rings. The number of β-amino-alcohol motifs (C(OH)–C–C–N with tert-alkyl or cyclic N) is 1. The third kappa shape index (κ3) is 4.85. The van der Waals surface area contributed by atoms with Gasteiger partial charge in [0.15, 0.2) is 0 Å². The van der Waals surface area contributed by atoms with E-state index in [0.29, 0.717) is 37.6 Å². The maximum absolute atomic E-state index is 12.5. The summed E-state index contributed by atoms with van der Waals surface area (Å²) in [6, 6.07) is 5.52. The Bertz CT molecular complexity index is 542. The van der Waals surface area contributed by atoms with Crippen LogP contribution in [0.25, 0.3) is 0 Å². The Balaban J connectivity index is 1.90. The van der Waals surface area contributed by atoms with Gasteiger partial charge in [0.05, 0.1) is 26.7 Å². The first-order valence-corrected chi connectivity index (χ1v) is 8.46. The van der Waals surface area contributed by atoms with Crippen molar-refractivity contribution in [1.82, 2.24) is 9.80 Å². The van der Waals surface area contributed by atoms with Gasteiger partial charge in [-0.1, -0.05) is 13.0 Å². The zero-order valence-corrected chi connectivity index (χ0v) is 14.8. The first-order chi connectivity index (χ1) is 11.6. The molecule has 0 radical (unpaired) electrons. The second-order valence-electron chi connectivity index (χ2n) is 6.10. The highest BCUT2D eigenvalue weighted by Gasteiger charge is 2.23. The number of methoxy groups -OCH3 is 2. The normalized spacial score (nSPS) is 16.8. The fraction of sp³-hybridized carbons (Fsp3) is 0.611. The van der Waals surface area contributed by atoms with Crippen LogP contribution < -0.4 is 9.47 Å². The van der Waals surface area contributed by atoms with Gasteiger partial charge < -0.3 is 19.5 Å². The fourth-order valence-corrected chi connectivity index (χ4v) is 2.88. The highest BCUT2D eigenvalue weighted by molar-refractivity contribution is 5.79. The molecule has 6 heteroatoms. The lowest BCUT2D eigenvalue weighted by Crippen LogP contribution is -2.50. The van der Waals surface area contributed by atoms with Gasteiger partial charge in [0, 0.05) is 44.4 Å². The fourth-order valence-electron chi connectivity index (χ4n) is 2.88. The summed E-state index contributed by atoms with van der Waals surface area (Å²) in [4.78, 5) is 16.6. The van der Waals surface area contributed by atoms with Crippen molar-refractivity contribution in [2.75, 3.05) is 46.9 Å². The van der Waals surface area contributed by atoms with Crippen LogP contribution in [0, 0.1) is 0 Å². The first kappa shape index (κ1) is 18.5. The van der Waals surface area contributed by atoms with E-state index < -0.39 is 0 Å². The molecule has 0 bridgehead atoms. The number of nitrogens with zero attached hydrogens (tertiary/aromatic N) is 2. The molecule has 1 fully saturated rings. The third-order valence-electron chi connectivity index (χ3n) is 4.50. The molecule has 1 atom stereocenters. The van der Waals surface area contributed by atoms with Gasteiger partial charge >= 0.3 is 0 Å². The van der Waals surface area contributed by atoms with E-state index in [9.17, 15) is 9.90 Å². The summed E-state index contributed by atoms with van der Waals surface area (Å²) < 4.78 is 10.5. The Morgan fingerprint density at radius 3 is 2.50 bits per heavy atom. The number of piperazine rings is 1. The zero-order chi connectivity index (χ0) is 17.5. The quantitative estimate of drug-likeness (QED) is 0.810. The number of aliphatic hydroxyl groups excluding tert-OH is 1. The van der Waals surface area contributed by atoms with Gasteiger partial charge in [0.25, 0.3) is 0 Å². The van der Waals surface area contributed by atoms with Crippen molar-refractivity contribution < 1.29 is 19.4 Å². The monoisotopic (exact) mass is 336 g/mol. The number of hydrogen-bond donors (Lipinski definition) is 1. The highest BCUT2D eigenvalue weighted by Crippen LogP contribution is 2.25. The Labute approximate surface area is 144 Å². The van der Waals surface area contributed by atoms with E-state index in [0.717, 1.165) is 25.1 Å². The van der Waals surface area contributed by atoms with Gasteiger partial charge in [-0.05, 0) is 12.5 Å². The smallest absolute Gasteiger partial charge is 0.227 e. The van der Waals surface area contributed by atoms with E-state index in [1.165, 1.54) is 0 Å². The van der Waals surface area contributed by atoms with E-state index in [-0.39, 0.29) is 12.0 Å². The molecule has 2 rings (SSSR count). The molecule has 1 N–H and O–H groups in total. The van der Waals surface area contributed by atoms with Crippen LogP contribution in [0.1, 0.15) is 18.9 Å². The van der Waals surface area contributed by atoms with Gasteiger partial charge in [0.2, 0.25) is 5.91 Å². The third-order valence-corrected chi connectivity index (χ3v) is 4.50. The molecule has 6 nitrogen and oxygen atoms in total. The van der Waals surface area contributed by atoms with Gasteiger partial charge in [-0.2, -0.15) is 0 Å². The molecule has 1 heterocycles. The number of carbonyl (C=O) groups excluding carboxylic acids is 1. The van der Waals surface area contributed by atoms with Crippen LogP contribution in [0.5, 0.6) is 11.5 Å². The Morgan fingerprint density at radius 1 is 1.21 bits per heavy atom. The molecule has 0 unspecified atom stereocenters. The van der Waals surface area contributed by atoms with Crippen molar-refractivity contribution in [3.8, 4) is 11.5 Å². The second-order valence-corrected chi connectivity index (χ2v) is 6.10. The molecular weight excluding hydrogens is 308 g/mol. The zero-order valence-electron chi connectivity index (χ0n) is 14.8. The lowest BCUT2D eigenvalue weighted by Gasteiger charge is -2.35. The number of ether oxygens (including phenoxy) is 2. The van der Waals surface area contributed by atoms with Crippen molar-refractivity contribution in [1.29, 1.82) is 0 Å². The van der Waals surface area contributed by atoms with Crippen LogP contribution in [0.3, 0.4) is 0 Å². The minimum atomic E-state index is -0.282. The predicted molar refractivity (Wildman–Crippen MR) is 92.6 cm³/mol. The van der Waals surface area contributed by atoms with E-state index in [4.69, 9.17) is 9.47 Å². The van der Waals surface area contributed by atoms with Gasteiger partial charge in [-0.25, -0.2) is 0 Å². The molecule has 1 aromatic carbocycles. The SMILES string of the molecule is CC[C@@H](O)CN1CCN(C(=O)Cc2ccc(OC)cc2OC)CC1. The molecule has 0 aliphatic carbocycles. The summed E-state index contributed by atoms with van der Waals surface area (Å²) in [5.41, 5.74) is 0.868. The number of benzene rings is 1. The molecule has 0 saturated carbocycles. The van der Waals surface area contributed by atoms with Gasteiger partial charge in [-0.15, -0.1) is 0 Å². The lowest BCUT2D eigenvalue weighted by atomic mass is 10.1. The Hall–Kier alpha value is -1.79. The summed E-state index contributed by atoms with van der Waals surface area (Å²) in [5.74, 6) is 1.49. The topological polar surface area (TPSA) is 62.2 Å². The maximum atomic E-state index is 12.5. The van der Waals surface area contributed by atoms with Crippen LogP contribution in [0.15, 0.2) is 18.2 Å². The van der Waals surface area contributed by atoms with Crippen LogP contribution in [0.4, 0.5) is 0 Å². The van der Waals surface area contributed by atoms with E-state index in [1.54, 1.807) is 20.3 Å². The molecule has 1 aliphatic heterocycles. The van der Waals surface area contributed by atoms with Crippen molar-refractivity contribution >= 4 is 5.91 Å². The number of aliphatic hydroxyl groups is 1. The summed E-state index contributed by atoms with van der Waals surface area (Å²) in [6.45, 7) is 5.68. The summed E-state index contributed by atoms with van der Waals surface area (Å²) in [5, 5.41) is 9.73. The summed E-state index contributed by atoms with van der Waals surface area (Å²) in [6.07, 6.45) is 0.803. The van der Waals surface area contributed by atoms with E-state index >= 15 is 0 Å². The minimum Gasteiger partial charge on any atom is -0.497 e. The van der Waals surface area contributed by atoms with Crippen LogP contribution in [-0.4, -0.2) is 73.9 Å². The highest BCUT2D eigenvalue weighted by atomic mass is 16.5. The van der Waals surface area contributed by atoms with Crippen LogP contribution in [0.2, 0.25) is 0 Å². The van der Waals surface area contributed by atoms with Crippen LogP contribution >= 0.6 is 0 Å². The standard InChI is InChI=1S/C18H28N2O4/c1-4-15(21)13-19-7-9-20(10-8-19)18(22)11-14-5-6-16(23-2)12-17(14)24-3/h5-6,12,15,21H,4,7-11,13H2,1-3H3/t15-/m1/s1. The number of rotatable bonds is 7. The molecule has 24 heavy (non-hydrogen) atoms.